The third kappa shape index (κ3) is 7.05. The van der Waals surface area contributed by atoms with Gasteiger partial charge in [-0.2, -0.15) is 0 Å². The van der Waals surface area contributed by atoms with E-state index in [1.165, 1.54) is 18.4 Å². The summed E-state index contributed by atoms with van der Waals surface area (Å²) in [4.78, 5) is 55.3. The van der Waals surface area contributed by atoms with E-state index >= 15 is 0 Å². The van der Waals surface area contributed by atoms with Crippen molar-refractivity contribution in [1.82, 2.24) is 9.80 Å². The number of hydrogen-bond donors (Lipinski definition) is 2. The highest BCUT2D eigenvalue weighted by Gasteiger charge is 2.71. The number of carboxylic acids is 1. The van der Waals surface area contributed by atoms with Crippen molar-refractivity contribution in [2.75, 3.05) is 33.2 Å². The van der Waals surface area contributed by atoms with Gasteiger partial charge in [-0.3, -0.25) is 24.1 Å². The standard InChI is InChI=1S/C46H74N2O7/c1-28(2)38-32(50)24-46(35(51)27-48(26-30-12-13-30)23-22-47(11)29(3)49)21-20-44(9)31(39(38)46)14-15-34-43(8)18-17-36(55-37(52)25-41(4,5)40(53)54)42(6,7)33(43)16-19-45(34,44)10/h28,30-31,33-36,51H,12-27H2,1-11H3,(H,53,54)/t31-,33+,34-,35?,36+,43+,44-,45-,46?/m1/s1. The van der Waals surface area contributed by atoms with Crippen LogP contribution in [-0.4, -0.2) is 89.1 Å². The van der Waals surface area contributed by atoms with Crippen LogP contribution in [-0.2, 0) is 23.9 Å². The normalized spacial score (nSPS) is 37.5. The maximum atomic E-state index is 14.2. The molecule has 0 saturated heterocycles. The van der Waals surface area contributed by atoms with Gasteiger partial charge in [0.1, 0.15) is 6.10 Å². The fraction of sp³-hybridized carbons (Fsp3) is 0.870. The first kappa shape index (κ1) is 42.3. The zero-order chi connectivity index (χ0) is 40.7. The topological polar surface area (TPSA) is 124 Å². The second kappa shape index (κ2) is 14.5. The number of carbonyl (C=O) groups is 4. The summed E-state index contributed by atoms with van der Waals surface area (Å²) >= 11 is 0. The van der Waals surface area contributed by atoms with Crippen LogP contribution in [0.5, 0.6) is 0 Å². The van der Waals surface area contributed by atoms with Gasteiger partial charge in [0.2, 0.25) is 5.91 Å². The van der Waals surface area contributed by atoms with Crippen LogP contribution in [0.25, 0.3) is 0 Å². The van der Waals surface area contributed by atoms with Crippen LogP contribution in [0.3, 0.4) is 0 Å². The molecule has 6 aliphatic carbocycles. The van der Waals surface area contributed by atoms with Crippen LogP contribution in [0.1, 0.15) is 146 Å². The molecule has 5 saturated carbocycles. The van der Waals surface area contributed by atoms with E-state index in [0.29, 0.717) is 37.3 Å². The van der Waals surface area contributed by atoms with E-state index in [1.807, 2.05) is 7.05 Å². The molecular formula is C46H74N2O7. The van der Waals surface area contributed by atoms with Gasteiger partial charge < -0.3 is 19.8 Å². The summed E-state index contributed by atoms with van der Waals surface area (Å²) < 4.78 is 6.18. The second-order valence-corrected chi connectivity index (χ2v) is 21.7. The van der Waals surface area contributed by atoms with Crippen LogP contribution < -0.4 is 0 Å². The number of aliphatic hydroxyl groups excluding tert-OH is 1. The van der Waals surface area contributed by atoms with E-state index in [4.69, 9.17) is 4.74 Å². The predicted octanol–water partition coefficient (Wildman–Crippen LogP) is 7.93. The summed E-state index contributed by atoms with van der Waals surface area (Å²) in [5.74, 6) is 0.706. The second-order valence-electron chi connectivity index (χ2n) is 21.7. The molecule has 0 spiro atoms. The van der Waals surface area contributed by atoms with E-state index in [9.17, 15) is 29.4 Å². The molecule has 310 valence electrons. The SMILES string of the molecule is CC(=O)N(C)CCN(CC1CC1)CC(O)C12CC[C@]3(C)[C@H](CC[C@@H]4[C@@]5(C)CC[C@H](OC(=O)CC(C)(C)C(=O)O)C(C)(C)[C@@H]5CC[C@]43C)C1=C(C(C)C)C(=O)C2. The maximum Gasteiger partial charge on any atom is 0.309 e. The highest BCUT2D eigenvalue weighted by Crippen LogP contribution is 2.77. The number of nitrogens with zero attached hydrogens (tertiary/aromatic N) is 2. The highest BCUT2D eigenvalue weighted by atomic mass is 16.5. The van der Waals surface area contributed by atoms with Crippen LogP contribution in [0.15, 0.2) is 11.1 Å². The van der Waals surface area contributed by atoms with Crippen molar-refractivity contribution in [2.45, 2.75) is 158 Å². The Morgan fingerprint density at radius 1 is 0.891 bits per heavy atom. The number of carboxylic acid groups (broad SMARTS) is 1. The quantitative estimate of drug-likeness (QED) is 0.181. The molecule has 2 unspecified atom stereocenters. The molecule has 9 nitrogen and oxygen atoms in total. The molecule has 0 radical (unpaired) electrons. The lowest BCUT2D eigenvalue weighted by Gasteiger charge is -2.72. The average molecular weight is 767 g/mol. The number of esters is 1. The van der Waals surface area contributed by atoms with E-state index in [-0.39, 0.29) is 57.7 Å². The van der Waals surface area contributed by atoms with Crippen LogP contribution in [0, 0.1) is 62.1 Å². The Kier molecular flexibility index (Phi) is 11.2. The summed E-state index contributed by atoms with van der Waals surface area (Å²) in [6, 6.07) is 0. The smallest absolute Gasteiger partial charge is 0.309 e. The van der Waals surface area contributed by atoms with Gasteiger partial charge in [-0.15, -0.1) is 0 Å². The largest absolute Gasteiger partial charge is 0.481 e. The molecule has 0 heterocycles. The number of hydrogen-bond acceptors (Lipinski definition) is 7. The Morgan fingerprint density at radius 2 is 1.56 bits per heavy atom. The fourth-order valence-corrected chi connectivity index (χ4v) is 13.7. The molecule has 2 N–H and O–H groups in total. The third-order valence-electron chi connectivity index (χ3n) is 17.4. The van der Waals surface area contributed by atoms with Gasteiger partial charge in [0.25, 0.3) is 0 Å². The Labute approximate surface area is 331 Å². The van der Waals surface area contributed by atoms with Crippen molar-refractivity contribution in [2.24, 2.45) is 62.1 Å². The van der Waals surface area contributed by atoms with Gasteiger partial charge in [0.15, 0.2) is 5.78 Å². The predicted molar refractivity (Wildman–Crippen MR) is 214 cm³/mol. The molecule has 6 rings (SSSR count). The van der Waals surface area contributed by atoms with E-state index in [1.54, 1.807) is 25.7 Å². The van der Waals surface area contributed by atoms with Crippen molar-refractivity contribution in [1.29, 1.82) is 0 Å². The summed E-state index contributed by atoms with van der Waals surface area (Å²) in [7, 11) is 1.85. The molecule has 9 heteroatoms. The fourth-order valence-electron chi connectivity index (χ4n) is 13.7. The first-order valence-corrected chi connectivity index (χ1v) is 21.8. The molecule has 1 amide bonds. The number of ether oxygens (including phenoxy) is 1. The zero-order valence-corrected chi connectivity index (χ0v) is 36.2. The van der Waals surface area contributed by atoms with Crippen molar-refractivity contribution >= 4 is 23.6 Å². The summed E-state index contributed by atoms with van der Waals surface area (Å²) in [6.45, 7) is 24.1. The van der Waals surface area contributed by atoms with Gasteiger partial charge in [-0.25, -0.2) is 0 Å². The van der Waals surface area contributed by atoms with Crippen molar-refractivity contribution < 1.29 is 34.1 Å². The van der Waals surface area contributed by atoms with Crippen molar-refractivity contribution in [3.8, 4) is 0 Å². The molecule has 0 aliphatic heterocycles. The molecular weight excluding hydrogens is 693 g/mol. The first-order valence-electron chi connectivity index (χ1n) is 21.8. The minimum absolute atomic E-state index is 0.0268. The third-order valence-corrected chi connectivity index (χ3v) is 17.4. The Hall–Kier alpha value is -2.26. The van der Waals surface area contributed by atoms with Gasteiger partial charge in [0.05, 0.1) is 17.9 Å². The van der Waals surface area contributed by atoms with Crippen LogP contribution in [0.2, 0.25) is 0 Å². The number of aliphatic carboxylic acids is 1. The van der Waals surface area contributed by atoms with Crippen LogP contribution in [0.4, 0.5) is 0 Å². The molecule has 0 aromatic carbocycles. The molecule has 0 bridgehead atoms. The molecule has 55 heavy (non-hydrogen) atoms. The summed E-state index contributed by atoms with van der Waals surface area (Å²) in [6.07, 6.45) is 9.59. The van der Waals surface area contributed by atoms with E-state index < -0.39 is 28.9 Å². The Balaban J connectivity index is 1.27. The van der Waals surface area contributed by atoms with Gasteiger partial charge in [0, 0.05) is 57.4 Å². The van der Waals surface area contributed by atoms with Crippen LogP contribution >= 0.6 is 0 Å². The molecule has 0 aromatic heterocycles. The lowest BCUT2D eigenvalue weighted by Crippen LogP contribution is -2.66. The number of ketones is 1. The monoisotopic (exact) mass is 767 g/mol. The summed E-state index contributed by atoms with van der Waals surface area (Å²) in [5, 5.41) is 22.2. The van der Waals surface area contributed by atoms with Gasteiger partial charge >= 0.3 is 11.9 Å². The Morgan fingerprint density at radius 3 is 2.16 bits per heavy atom. The highest BCUT2D eigenvalue weighted by molar-refractivity contribution is 6.00. The minimum atomic E-state index is -1.17. The number of aliphatic hydroxyl groups is 1. The zero-order valence-electron chi connectivity index (χ0n) is 36.2. The molecule has 0 aromatic rings. The average Bonchev–Trinajstić information content (AvgIpc) is 3.83. The number of rotatable bonds is 13. The first-order chi connectivity index (χ1) is 25.4. The van der Waals surface area contributed by atoms with Gasteiger partial charge in [-0.05, 0) is 129 Å². The van der Waals surface area contributed by atoms with Crippen molar-refractivity contribution in [3.05, 3.63) is 11.1 Å². The Bertz CT molecular complexity index is 1580. The number of carbonyl (C=O) groups excluding carboxylic acids is 3. The number of amides is 1. The minimum Gasteiger partial charge on any atom is -0.481 e. The number of fused-ring (bicyclic) bond motifs is 7. The van der Waals surface area contributed by atoms with Crippen molar-refractivity contribution in [3.63, 3.8) is 0 Å². The lowest BCUT2D eigenvalue weighted by molar-refractivity contribution is -0.235. The maximum absolute atomic E-state index is 14.2. The lowest BCUT2D eigenvalue weighted by atomic mass is 9.33. The number of likely N-dealkylation sites (N-methyl/N-ethyl adjacent to an activating group) is 1. The molecule has 6 aliphatic rings. The number of Topliss-reactive ketones (excluding diaryl/α,β-unsaturated/α-hetero) is 1. The van der Waals surface area contributed by atoms with Gasteiger partial charge in [-0.1, -0.05) is 54.0 Å². The number of allylic oxidation sites excluding steroid dienone is 1. The molecule has 9 atom stereocenters. The van der Waals surface area contributed by atoms with E-state index in [2.05, 4.69) is 53.4 Å². The van der Waals surface area contributed by atoms with E-state index in [0.717, 1.165) is 70.0 Å². The summed E-state index contributed by atoms with van der Waals surface area (Å²) in [5.41, 5.74) is 0.400. The molecule has 5 fully saturated rings.